The number of rotatable bonds is 0. The fraction of sp³-hybridized carbons (Fsp3) is 0.438. The zero-order valence-corrected chi connectivity index (χ0v) is 13.0. The summed E-state index contributed by atoms with van der Waals surface area (Å²) >= 11 is 0. The largest absolute Gasteiger partial charge is 0.475 e. The normalized spacial score (nSPS) is 19.3. The van der Waals surface area contributed by atoms with Crippen molar-refractivity contribution in [2.45, 2.75) is 32.4 Å². The van der Waals surface area contributed by atoms with Crippen LogP contribution in [0, 0.1) is 0 Å². The van der Waals surface area contributed by atoms with E-state index in [1.54, 1.807) is 6.20 Å². The molecule has 1 aliphatic heterocycles. The van der Waals surface area contributed by atoms with Crippen LogP contribution in [0.3, 0.4) is 0 Å². The summed E-state index contributed by atoms with van der Waals surface area (Å²) in [6.07, 6.45) is 7.43. The molecular weight excluding hydrogens is 294 g/mol. The van der Waals surface area contributed by atoms with Crippen molar-refractivity contribution < 1.29 is 9.47 Å². The van der Waals surface area contributed by atoms with Crippen LogP contribution in [0.15, 0.2) is 24.7 Å². The molecule has 0 amide bonds. The van der Waals surface area contributed by atoms with Gasteiger partial charge >= 0.3 is 0 Å². The molecule has 3 aromatic heterocycles. The quantitative estimate of drug-likeness (QED) is 0.689. The first kappa shape index (κ1) is 14.2. The first-order valence-corrected chi connectivity index (χ1v) is 7.91. The highest BCUT2D eigenvalue weighted by Crippen LogP contribution is 2.28. The fourth-order valence-corrected chi connectivity index (χ4v) is 2.74. The molecule has 0 saturated heterocycles. The van der Waals surface area contributed by atoms with Crippen LogP contribution in [0.1, 0.15) is 19.8 Å². The van der Waals surface area contributed by atoms with Crippen molar-refractivity contribution in [1.82, 2.24) is 25.0 Å². The number of nitrogens with zero attached hydrogens (tertiary/aromatic N) is 4. The van der Waals surface area contributed by atoms with E-state index >= 15 is 0 Å². The molecule has 1 N–H and O–H groups in total. The van der Waals surface area contributed by atoms with Gasteiger partial charge in [-0.05, 0) is 13.3 Å². The van der Waals surface area contributed by atoms with Crippen LogP contribution in [-0.4, -0.2) is 44.3 Å². The molecule has 0 saturated carbocycles. The summed E-state index contributed by atoms with van der Waals surface area (Å²) in [7, 11) is 0. The van der Waals surface area contributed by atoms with E-state index in [4.69, 9.17) is 9.47 Å². The van der Waals surface area contributed by atoms with E-state index < -0.39 is 0 Å². The third kappa shape index (κ3) is 2.92. The zero-order chi connectivity index (χ0) is 15.6. The molecule has 7 nitrogen and oxygen atoms in total. The third-order valence-corrected chi connectivity index (χ3v) is 4.00. The second-order valence-electron chi connectivity index (χ2n) is 5.82. The van der Waals surface area contributed by atoms with Gasteiger partial charge in [0.2, 0.25) is 5.88 Å². The molecule has 0 unspecified atom stereocenters. The number of aryl methyl sites for hydroxylation is 1. The van der Waals surface area contributed by atoms with Gasteiger partial charge in [0.25, 0.3) is 0 Å². The van der Waals surface area contributed by atoms with Crippen LogP contribution in [0.2, 0.25) is 0 Å². The van der Waals surface area contributed by atoms with Crippen LogP contribution >= 0.6 is 0 Å². The Balaban J connectivity index is 1.76. The standard InChI is InChI=1S/C16H19N5O2/c1-11-3-6-22-5-2-4-21-10-12(8-18-21)16-13-7-15(23-11)17-9-14(13)19-20-16/h7-11H,2-6H2,1H3,(H,19,20)/t11-/m1/s1. The summed E-state index contributed by atoms with van der Waals surface area (Å²) in [6, 6.07) is 1.93. The number of aromatic amines is 1. The van der Waals surface area contributed by atoms with Gasteiger partial charge in [-0.2, -0.15) is 10.2 Å². The average Bonchev–Trinajstić information content (AvgIpc) is 3.16. The van der Waals surface area contributed by atoms with E-state index in [1.807, 2.05) is 30.1 Å². The highest BCUT2D eigenvalue weighted by atomic mass is 16.5. The topological polar surface area (TPSA) is 77.9 Å². The van der Waals surface area contributed by atoms with Crippen molar-refractivity contribution in [2.75, 3.05) is 13.2 Å². The van der Waals surface area contributed by atoms with Crippen molar-refractivity contribution in [3.63, 3.8) is 0 Å². The number of hydrogen-bond acceptors (Lipinski definition) is 5. The molecule has 4 rings (SSSR count). The van der Waals surface area contributed by atoms with Gasteiger partial charge in [-0.1, -0.05) is 0 Å². The number of aromatic nitrogens is 5. The lowest BCUT2D eigenvalue weighted by molar-refractivity contribution is 0.0925. The Kier molecular flexibility index (Phi) is 3.70. The smallest absolute Gasteiger partial charge is 0.214 e. The van der Waals surface area contributed by atoms with Crippen molar-refractivity contribution >= 4 is 10.9 Å². The number of hydrogen-bond donors (Lipinski definition) is 1. The van der Waals surface area contributed by atoms with Gasteiger partial charge in [-0.3, -0.25) is 9.78 Å². The zero-order valence-electron chi connectivity index (χ0n) is 13.0. The van der Waals surface area contributed by atoms with Gasteiger partial charge in [0.05, 0.1) is 30.6 Å². The highest BCUT2D eigenvalue weighted by molar-refractivity contribution is 5.92. The van der Waals surface area contributed by atoms with E-state index in [2.05, 4.69) is 20.3 Å². The number of H-pyrrole nitrogens is 1. The van der Waals surface area contributed by atoms with Gasteiger partial charge < -0.3 is 9.47 Å². The summed E-state index contributed by atoms with van der Waals surface area (Å²) in [4.78, 5) is 4.34. The van der Waals surface area contributed by atoms with Gasteiger partial charge in [-0.25, -0.2) is 4.98 Å². The lowest BCUT2D eigenvalue weighted by Gasteiger charge is -2.14. The lowest BCUT2D eigenvalue weighted by Crippen LogP contribution is -2.16. The summed E-state index contributed by atoms with van der Waals surface area (Å²) in [5.41, 5.74) is 2.75. The Morgan fingerprint density at radius 1 is 1.30 bits per heavy atom. The molecule has 4 heterocycles. The maximum absolute atomic E-state index is 5.90. The Bertz CT molecular complexity index is 810. The monoisotopic (exact) mass is 313 g/mol. The van der Waals surface area contributed by atoms with Gasteiger partial charge in [0, 0.05) is 42.8 Å². The second-order valence-corrected chi connectivity index (χ2v) is 5.82. The van der Waals surface area contributed by atoms with Crippen molar-refractivity contribution in [2.24, 2.45) is 0 Å². The predicted octanol–water partition coefficient (Wildman–Crippen LogP) is 2.40. The van der Waals surface area contributed by atoms with Gasteiger partial charge in [0.15, 0.2) is 0 Å². The lowest BCUT2D eigenvalue weighted by atomic mass is 10.1. The SMILES string of the molecule is C[C@@H]1CCOCCCn2cc(cn2)-c2n[nH]c3cnc(cc23)O1. The summed E-state index contributed by atoms with van der Waals surface area (Å²) in [6.45, 7) is 4.28. The minimum absolute atomic E-state index is 0.0569. The Hall–Kier alpha value is -2.41. The van der Waals surface area contributed by atoms with Crippen molar-refractivity contribution in [3.8, 4) is 17.1 Å². The third-order valence-electron chi connectivity index (χ3n) is 4.00. The number of ether oxygens (including phenoxy) is 2. The minimum atomic E-state index is 0.0569. The van der Waals surface area contributed by atoms with Crippen LogP contribution in [0.4, 0.5) is 0 Å². The van der Waals surface area contributed by atoms with Crippen LogP contribution < -0.4 is 4.74 Å². The summed E-state index contributed by atoms with van der Waals surface area (Å²) in [5, 5.41) is 12.8. The highest BCUT2D eigenvalue weighted by Gasteiger charge is 2.14. The van der Waals surface area contributed by atoms with Gasteiger partial charge in [-0.15, -0.1) is 0 Å². The van der Waals surface area contributed by atoms with Gasteiger partial charge in [0.1, 0.15) is 5.69 Å². The molecule has 4 bridgehead atoms. The van der Waals surface area contributed by atoms with Crippen LogP contribution in [0.5, 0.6) is 5.88 Å². The molecule has 1 atom stereocenters. The van der Waals surface area contributed by atoms with E-state index in [0.717, 1.165) is 48.2 Å². The maximum Gasteiger partial charge on any atom is 0.214 e. The molecule has 1 aliphatic rings. The first-order chi connectivity index (χ1) is 11.3. The maximum atomic E-state index is 5.90. The van der Waals surface area contributed by atoms with E-state index in [-0.39, 0.29) is 6.10 Å². The molecule has 0 aliphatic carbocycles. The number of pyridine rings is 1. The van der Waals surface area contributed by atoms with E-state index in [9.17, 15) is 0 Å². The Morgan fingerprint density at radius 3 is 3.22 bits per heavy atom. The molecule has 0 radical (unpaired) electrons. The molecule has 7 heteroatoms. The van der Waals surface area contributed by atoms with Crippen LogP contribution in [-0.2, 0) is 11.3 Å². The first-order valence-electron chi connectivity index (χ1n) is 7.91. The molecule has 120 valence electrons. The molecule has 23 heavy (non-hydrogen) atoms. The second kappa shape index (κ2) is 6.00. The molecule has 3 aromatic rings. The van der Waals surface area contributed by atoms with Crippen LogP contribution in [0.25, 0.3) is 22.2 Å². The fourth-order valence-electron chi connectivity index (χ4n) is 2.74. The van der Waals surface area contributed by atoms with Crippen molar-refractivity contribution in [3.05, 3.63) is 24.7 Å². The molecule has 0 aromatic carbocycles. The molecule has 0 fully saturated rings. The number of nitrogens with one attached hydrogen (secondary N) is 1. The Morgan fingerprint density at radius 2 is 2.26 bits per heavy atom. The van der Waals surface area contributed by atoms with E-state index in [0.29, 0.717) is 12.5 Å². The summed E-state index contributed by atoms with van der Waals surface area (Å²) in [5.74, 6) is 0.606. The molecular formula is C16H19N5O2. The number of fused-ring (bicyclic) bond motifs is 4. The molecule has 0 spiro atoms. The summed E-state index contributed by atoms with van der Waals surface area (Å²) < 4.78 is 13.5. The van der Waals surface area contributed by atoms with E-state index in [1.165, 1.54) is 0 Å². The minimum Gasteiger partial charge on any atom is -0.475 e. The van der Waals surface area contributed by atoms with Crippen molar-refractivity contribution in [1.29, 1.82) is 0 Å². The predicted molar refractivity (Wildman–Crippen MR) is 85.3 cm³/mol. The Labute approximate surface area is 133 Å². The average molecular weight is 313 g/mol.